The molecule has 1 amide bonds. The van der Waals surface area contributed by atoms with Crippen molar-refractivity contribution in [1.29, 1.82) is 0 Å². The Balaban J connectivity index is 0.00000385. The van der Waals surface area contributed by atoms with Crippen LogP contribution in [0.1, 0.15) is 28.9 Å². The molecule has 0 aliphatic carbocycles. The van der Waals surface area contributed by atoms with Crippen molar-refractivity contribution in [2.24, 2.45) is 0 Å². The van der Waals surface area contributed by atoms with E-state index in [-0.39, 0.29) is 56.9 Å². The summed E-state index contributed by atoms with van der Waals surface area (Å²) in [5, 5.41) is 23.3. The van der Waals surface area contributed by atoms with Gasteiger partial charge in [-0.15, -0.1) is 0 Å². The molecule has 13 nitrogen and oxygen atoms in total. The van der Waals surface area contributed by atoms with Gasteiger partial charge in [-0.3, -0.25) is 9.59 Å². The fourth-order valence-electron chi connectivity index (χ4n) is 2.77. The molecular weight excluding hydrogens is 615 g/mol. The zero-order valence-corrected chi connectivity index (χ0v) is 19.2. The van der Waals surface area contributed by atoms with Crippen LogP contribution in [0.15, 0.2) is 30.5 Å². The molecule has 176 valence electrons. The van der Waals surface area contributed by atoms with Crippen LogP contribution in [0.3, 0.4) is 0 Å². The summed E-state index contributed by atoms with van der Waals surface area (Å²) in [6, 6.07) is 4.99. The van der Waals surface area contributed by atoms with Crippen molar-refractivity contribution < 1.29 is 45.7 Å². The first kappa shape index (κ1) is 25.4. The van der Waals surface area contributed by atoms with E-state index >= 15 is 0 Å². The van der Waals surface area contributed by atoms with Gasteiger partial charge >= 0.3 is 11.9 Å². The molecule has 1 aromatic carbocycles. The van der Waals surface area contributed by atoms with Crippen molar-refractivity contribution in [3.05, 3.63) is 41.7 Å². The molecule has 2 aromatic heterocycles. The number of nitrogens with zero attached hydrogens (tertiary/aromatic N) is 4. The summed E-state index contributed by atoms with van der Waals surface area (Å²) in [4.78, 5) is 50.5. The maximum absolute atomic E-state index is 12.3. The molecule has 0 fully saturated rings. The summed E-state index contributed by atoms with van der Waals surface area (Å²) in [5.41, 5.74) is 13.4. The summed E-state index contributed by atoms with van der Waals surface area (Å²) in [7, 11) is 0. The maximum Gasteiger partial charge on any atom is 0.326 e. The zero-order chi connectivity index (χ0) is 23.3. The predicted octanol–water partition coefficient (Wildman–Crippen LogP) is 0.242. The molecule has 33 heavy (non-hydrogen) atoms. The summed E-state index contributed by atoms with van der Waals surface area (Å²) in [6.45, 7) is 0.300. The number of nitrogens with one attached hydrogen (secondary N) is 2. The summed E-state index contributed by atoms with van der Waals surface area (Å²) in [6.07, 6.45) is 0.931. The minimum absolute atomic E-state index is 0. The molecule has 1 atom stereocenters. The van der Waals surface area contributed by atoms with Gasteiger partial charge < -0.3 is 32.3 Å². The van der Waals surface area contributed by atoms with Crippen LogP contribution in [-0.2, 0) is 37.2 Å². The van der Waals surface area contributed by atoms with Crippen LogP contribution in [-0.4, -0.2) is 54.0 Å². The number of rotatable bonds is 9. The number of hydrogen-bond donors (Lipinski definition) is 6. The van der Waals surface area contributed by atoms with Gasteiger partial charge in [0.2, 0.25) is 5.95 Å². The van der Waals surface area contributed by atoms with Gasteiger partial charge in [0, 0.05) is 38.7 Å². The van der Waals surface area contributed by atoms with Crippen LogP contribution < -0.4 is 22.1 Å². The van der Waals surface area contributed by atoms with E-state index in [1.807, 2.05) is 0 Å². The SMILES string of the molecule is Nc1nc(N)c2nc(CNc3ccc(C(=O)NC(CCC(=O)O)C(=O)O)cc3)cnc2n1.[Pt]. The van der Waals surface area contributed by atoms with E-state index in [4.69, 9.17) is 21.7 Å². The molecule has 14 heteroatoms. The van der Waals surface area contributed by atoms with Crippen LogP contribution in [0.25, 0.3) is 11.2 Å². The van der Waals surface area contributed by atoms with Crippen molar-refractivity contribution in [1.82, 2.24) is 25.3 Å². The number of benzene rings is 1. The second-order valence-corrected chi connectivity index (χ2v) is 6.73. The minimum Gasteiger partial charge on any atom is -0.481 e. The number of amides is 1. The Morgan fingerprint density at radius 2 is 1.73 bits per heavy atom. The number of anilines is 3. The Kier molecular flexibility index (Phi) is 8.57. The van der Waals surface area contributed by atoms with Gasteiger partial charge in [0.05, 0.1) is 18.4 Å². The third kappa shape index (κ3) is 6.81. The van der Waals surface area contributed by atoms with Gasteiger partial charge in [-0.2, -0.15) is 9.97 Å². The first-order valence-electron chi connectivity index (χ1n) is 9.37. The van der Waals surface area contributed by atoms with Crippen molar-refractivity contribution in [3.8, 4) is 0 Å². The van der Waals surface area contributed by atoms with Gasteiger partial charge in [0.25, 0.3) is 5.91 Å². The first-order valence-corrected chi connectivity index (χ1v) is 9.37. The standard InChI is InChI=1S/C19H20N8O5.Pt/c20-15-14-16(27-19(21)26-15)23-8-11(24-14)7-22-10-3-1-9(2-4-10)17(30)25-12(18(31)32)5-6-13(28)29;/h1-4,8,12,22H,5-7H2,(H,25,30)(H,28,29)(H,31,32)(H4,20,21,23,26,27);. The van der Waals surface area contributed by atoms with Crippen LogP contribution in [0, 0.1) is 0 Å². The molecule has 0 aliphatic heterocycles. The molecular formula is C19H20N8O5Pt. The number of nitrogens with two attached hydrogens (primary N) is 2. The van der Waals surface area contributed by atoms with Crippen LogP contribution in [0.4, 0.5) is 17.5 Å². The molecule has 3 aromatic rings. The van der Waals surface area contributed by atoms with Crippen LogP contribution in [0.5, 0.6) is 0 Å². The van der Waals surface area contributed by atoms with Crippen LogP contribution in [0.2, 0.25) is 0 Å². The summed E-state index contributed by atoms with van der Waals surface area (Å²) < 4.78 is 0. The number of nitrogen functional groups attached to an aromatic ring is 2. The Morgan fingerprint density at radius 3 is 2.36 bits per heavy atom. The molecule has 0 radical (unpaired) electrons. The number of carbonyl (C=O) groups excluding carboxylic acids is 1. The second-order valence-electron chi connectivity index (χ2n) is 6.73. The molecule has 0 saturated carbocycles. The van der Waals surface area contributed by atoms with E-state index in [0.29, 0.717) is 23.4 Å². The molecule has 0 bridgehead atoms. The van der Waals surface area contributed by atoms with Crippen molar-refractivity contribution >= 4 is 46.5 Å². The number of aromatic nitrogens is 4. The topological polar surface area (TPSA) is 219 Å². The van der Waals surface area contributed by atoms with E-state index in [1.54, 1.807) is 12.1 Å². The Labute approximate surface area is 201 Å². The Hall–Kier alpha value is -3.86. The largest absolute Gasteiger partial charge is 0.481 e. The van der Waals surface area contributed by atoms with E-state index in [2.05, 4.69) is 30.6 Å². The average molecular weight is 635 g/mol. The van der Waals surface area contributed by atoms with E-state index < -0.39 is 23.9 Å². The second kappa shape index (κ2) is 11.1. The van der Waals surface area contributed by atoms with E-state index in [9.17, 15) is 14.4 Å². The number of aliphatic carboxylic acids is 2. The average Bonchev–Trinajstić information content (AvgIpc) is 2.75. The van der Waals surface area contributed by atoms with E-state index in [0.717, 1.165) is 0 Å². The monoisotopic (exact) mass is 635 g/mol. The smallest absolute Gasteiger partial charge is 0.326 e. The zero-order valence-electron chi connectivity index (χ0n) is 17.0. The summed E-state index contributed by atoms with van der Waals surface area (Å²) >= 11 is 0. The maximum atomic E-state index is 12.3. The van der Waals surface area contributed by atoms with Gasteiger partial charge in [-0.25, -0.2) is 14.8 Å². The fourth-order valence-corrected chi connectivity index (χ4v) is 2.77. The molecule has 1 unspecified atom stereocenters. The normalized spacial score (nSPS) is 11.3. The quantitative estimate of drug-likeness (QED) is 0.186. The molecule has 0 aliphatic rings. The van der Waals surface area contributed by atoms with Crippen molar-refractivity contribution in [2.75, 3.05) is 16.8 Å². The number of fused-ring (bicyclic) bond motifs is 1. The van der Waals surface area contributed by atoms with Gasteiger partial charge in [-0.05, 0) is 30.7 Å². The molecule has 3 rings (SSSR count). The molecule has 2 heterocycles. The minimum atomic E-state index is -1.30. The number of carboxylic acids is 2. The van der Waals surface area contributed by atoms with Gasteiger partial charge in [0.1, 0.15) is 6.04 Å². The third-order valence-corrected chi connectivity index (χ3v) is 4.37. The van der Waals surface area contributed by atoms with Crippen molar-refractivity contribution in [3.63, 3.8) is 0 Å². The van der Waals surface area contributed by atoms with Gasteiger partial charge in [-0.1, -0.05) is 0 Å². The Bertz CT molecular complexity index is 1170. The van der Waals surface area contributed by atoms with Gasteiger partial charge in [0.15, 0.2) is 17.0 Å². The van der Waals surface area contributed by atoms with Crippen molar-refractivity contribution in [2.45, 2.75) is 25.4 Å². The first-order chi connectivity index (χ1) is 15.2. The fraction of sp³-hybridized carbons (Fsp3) is 0.211. The summed E-state index contributed by atoms with van der Waals surface area (Å²) in [5.74, 6) is -2.93. The molecule has 0 spiro atoms. The molecule has 0 saturated heterocycles. The number of carboxylic acid groups (broad SMARTS) is 2. The number of hydrogen-bond acceptors (Lipinski definition) is 10. The Morgan fingerprint density at radius 1 is 1.03 bits per heavy atom. The third-order valence-electron chi connectivity index (χ3n) is 4.37. The molecule has 8 N–H and O–H groups in total. The number of carbonyl (C=O) groups is 3. The predicted molar refractivity (Wildman–Crippen MR) is 113 cm³/mol. The van der Waals surface area contributed by atoms with Crippen LogP contribution >= 0.6 is 0 Å². The van der Waals surface area contributed by atoms with E-state index in [1.165, 1.54) is 18.3 Å².